The molecule has 0 spiro atoms. The van der Waals surface area contributed by atoms with Crippen molar-refractivity contribution in [3.8, 4) is 11.8 Å². The summed E-state index contributed by atoms with van der Waals surface area (Å²) in [5.74, 6) is 0.676. The first-order valence-electron chi connectivity index (χ1n) is 4.53. The molecule has 3 heteroatoms. The zero-order valence-electron chi connectivity index (χ0n) is 8.10. The predicted octanol–water partition coefficient (Wildman–Crippen LogP) is 1.51. The van der Waals surface area contributed by atoms with Crippen molar-refractivity contribution in [3.05, 3.63) is 29.8 Å². The molecule has 14 heavy (non-hydrogen) atoms. The van der Waals surface area contributed by atoms with Crippen LogP contribution < -0.4 is 4.74 Å². The van der Waals surface area contributed by atoms with E-state index in [4.69, 9.17) is 15.1 Å². The van der Waals surface area contributed by atoms with Gasteiger partial charge in [0.1, 0.15) is 11.8 Å². The van der Waals surface area contributed by atoms with Crippen molar-refractivity contribution >= 4 is 0 Å². The van der Waals surface area contributed by atoms with Crippen molar-refractivity contribution in [2.24, 2.45) is 0 Å². The third-order valence-corrected chi connectivity index (χ3v) is 1.84. The fraction of sp³-hybridized carbons (Fsp3) is 0.364. The molecular weight excluding hydrogens is 178 g/mol. The smallest absolute Gasteiger partial charge is 0.181 e. The summed E-state index contributed by atoms with van der Waals surface area (Å²) >= 11 is 0. The Morgan fingerprint density at radius 1 is 1.50 bits per heavy atom. The van der Waals surface area contributed by atoms with Crippen LogP contribution in [0.1, 0.15) is 12.5 Å². The summed E-state index contributed by atoms with van der Waals surface area (Å²) in [5.41, 5.74) is 0.928. The van der Waals surface area contributed by atoms with Gasteiger partial charge in [-0.05, 0) is 25.0 Å². The monoisotopic (exact) mass is 191 g/mol. The Balaban J connectivity index is 2.79. The average Bonchev–Trinajstić information content (AvgIpc) is 2.21. The third-order valence-electron chi connectivity index (χ3n) is 1.84. The van der Waals surface area contributed by atoms with Crippen LogP contribution in [0.15, 0.2) is 24.3 Å². The number of ether oxygens (including phenoxy) is 1. The molecule has 1 aromatic rings. The Morgan fingerprint density at radius 3 is 2.86 bits per heavy atom. The second-order valence-electron chi connectivity index (χ2n) is 2.97. The molecule has 0 heterocycles. The van der Waals surface area contributed by atoms with Gasteiger partial charge in [-0.25, -0.2) is 0 Å². The van der Waals surface area contributed by atoms with Gasteiger partial charge in [0.2, 0.25) is 0 Å². The van der Waals surface area contributed by atoms with Gasteiger partial charge in [-0.3, -0.25) is 0 Å². The first-order chi connectivity index (χ1) is 6.77. The van der Waals surface area contributed by atoms with E-state index in [1.165, 1.54) is 0 Å². The molecular formula is C11H13NO2. The Labute approximate surface area is 83.6 Å². The summed E-state index contributed by atoms with van der Waals surface area (Å²) in [6.45, 7) is 1.77. The lowest BCUT2D eigenvalue weighted by molar-refractivity contribution is 0.266. The highest BCUT2D eigenvalue weighted by atomic mass is 16.5. The van der Waals surface area contributed by atoms with E-state index in [-0.39, 0.29) is 6.61 Å². The van der Waals surface area contributed by atoms with Gasteiger partial charge in [0.15, 0.2) is 6.10 Å². The lowest BCUT2D eigenvalue weighted by atomic mass is 10.1. The normalized spacial score (nSPS) is 11.8. The van der Waals surface area contributed by atoms with Gasteiger partial charge < -0.3 is 9.84 Å². The molecule has 0 fully saturated rings. The van der Waals surface area contributed by atoms with E-state index in [9.17, 15) is 0 Å². The molecule has 0 aliphatic heterocycles. The quantitative estimate of drug-likeness (QED) is 0.784. The molecule has 1 unspecified atom stereocenters. The molecule has 3 nitrogen and oxygen atoms in total. The first kappa shape index (κ1) is 10.6. The Kier molecular flexibility index (Phi) is 3.96. The summed E-state index contributed by atoms with van der Waals surface area (Å²) in [6, 6.07) is 9.42. The minimum Gasteiger partial charge on any atom is -0.476 e. The molecule has 0 radical (unpaired) electrons. The number of nitrogens with zero attached hydrogens (tertiary/aromatic N) is 1. The molecule has 0 aromatic heterocycles. The molecule has 0 bridgehead atoms. The maximum Gasteiger partial charge on any atom is 0.181 e. The van der Waals surface area contributed by atoms with Crippen LogP contribution in [0.25, 0.3) is 0 Å². The molecule has 0 aliphatic carbocycles. The van der Waals surface area contributed by atoms with E-state index in [1.807, 2.05) is 24.3 Å². The number of hydrogen-bond donors (Lipinski definition) is 1. The zero-order valence-corrected chi connectivity index (χ0v) is 8.10. The molecule has 0 saturated heterocycles. The van der Waals surface area contributed by atoms with Gasteiger partial charge in [0.25, 0.3) is 0 Å². The van der Waals surface area contributed by atoms with Crippen molar-refractivity contribution in [2.45, 2.75) is 19.4 Å². The molecule has 1 aromatic carbocycles. The third kappa shape index (κ3) is 2.75. The summed E-state index contributed by atoms with van der Waals surface area (Å²) in [5, 5.41) is 17.4. The number of nitriles is 1. The predicted molar refractivity (Wildman–Crippen MR) is 52.9 cm³/mol. The summed E-state index contributed by atoms with van der Waals surface area (Å²) in [4.78, 5) is 0. The van der Waals surface area contributed by atoms with E-state index in [2.05, 4.69) is 0 Å². The van der Waals surface area contributed by atoms with Crippen LogP contribution in [-0.4, -0.2) is 17.8 Å². The van der Waals surface area contributed by atoms with Gasteiger partial charge in [0, 0.05) is 6.61 Å². The average molecular weight is 191 g/mol. The fourth-order valence-corrected chi connectivity index (χ4v) is 1.16. The molecule has 0 aliphatic rings. The van der Waals surface area contributed by atoms with E-state index in [1.54, 1.807) is 13.0 Å². The van der Waals surface area contributed by atoms with Crippen LogP contribution >= 0.6 is 0 Å². The highest BCUT2D eigenvalue weighted by molar-refractivity contribution is 5.33. The lowest BCUT2D eigenvalue weighted by Gasteiger charge is -2.11. The molecule has 1 atom stereocenters. The van der Waals surface area contributed by atoms with Crippen LogP contribution in [0.4, 0.5) is 0 Å². The molecule has 74 valence electrons. The largest absolute Gasteiger partial charge is 0.476 e. The Hall–Kier alpha value is -1.53. The highest BCUT2D eigenvalue weighted by Crippen LogP contribution is 2.19. The number of aliphatic hydroxyl groups is 1. The maximum atomic E-state index is 8.81. The van der Waals surface area contributed by atoms with Crippen molar-refractivity contribution in [1.82, 2.24) is 0 Å². The van der Waals surface area contributed by atoms with Crippen molar-refractivity contribution in [3.63, 3.8) is 0 Å². The number of para-hydroxylation sites is 1. The van der Waals surface area contributed by atoms with Crippen LogP contribution in [0, 0.1) is 11.3 Å². The topological polar surface area (TPSA) is 53.2 Å². The SMILES string of the molecule is CC(C#N)Oc1ccccc1CCO. The molecule has 1 N–H and O–H groups in total. The number of aliphatic hydroxyl groups excluding tert-OH is 1. The number of hydrogen-bond acceptors (Lipinski definition) is 3. The fourth-order valence-electron chi connectivity index (χ4n) is 1.16. The maximum absolute atomic E-state index is 8.81. The molecule has 1 rings (SSSR count). The molecule has 0 saturated carbocycles. The first-order valence-corrected chi connectivity index (χ1v) is 4.53. The van der Waals surface area contributed by atoms with Gasteiger partial charge in [-0.1, -0.05) is 18.2 Å². The van der Waals surface area contributed by atoms with Crippen LogP contribution in [0.3, 0.4) is 0 Å². The minimum absolute atomic E-state index is 0.0846. The van der Waals surface area contributed by atoms with Crippen LogP contribution in [-0.2, 0) is 6.42 Å². The summed E-state index contributed by atoms with van der Waals surface area (Å²) in [7, 11) is 0. The second-order valence-corrected chi connectivity index (χ2v) is 2.97. The van der Waals surface area contributed by atoms with E-state index in [0.29, 0.717) is 12.2 Å². The Bertz CT molecular complexity index is 330. The van der Waals surface area contributed by atoms with Crippen molar-refractivity contribution in [2.75, 3.05) is 6.61 Å². The van der Waals surface area contributed by atoms with Crippen LogP contribution in [0.5, 0.6) is 5.75 Å². The Morgan fingerprint density at radius 2 is 2.21 bits per heavy atom. The van der Waals surface area contributed by atoms with E-state index >= 15 is 0 Å². The highest BCUT2D eigenvalue weighted by Gasteiger charge is 2.05. The number of rotatable bonds is 4. The van der Waals surface area contributed by atoms with Gasteiger partial charge >= 0.3 is 0 Å². The van der Waals surface area contributed by atoms with Gasteiger partial charge in [-0.15, -0.1) is 0 Å². The van der Waals surface area contributed by atoms with E-state index in [0.717, 1.165) is 5.56 Å². The summed E-state index contributed by atoms with van der Waals surface area (Å²) in [6.07, 6.45) is 0.0868. The standard InChI is InChI=1S/C11H13NO2/c1-9(8-12)14-11-5-3-2-4-10(11)6-7-13/h2-5,9,13H,6-7H2,1H3. The van der Waals surface area contributed by atoms with Crippen molar-refractivity contribution < 1.29 is 9.84 Å². The second kappa shape index (κ2) is 5.25. The zero-order chi connectivity index (χ0) is 10.4. The molecule has 0 amide bonds. The lowest BCUT2D eigenvalue weighted by Crippen LogP contribution is -2.10. The van der Waals surface area contributed by atoms with Crippen molar-refractivity contribution in [1.29, 1.82) is 5.26 Å². The number of benzene rings is 1. The van der Waals surface area contributed by atoms with Crippen LogP contribution in [0.2, 0.25) is 0 Å². The van der Waals surface area contributed by atoms with E-state index < -0.39 is 6.10 Å². The minimum atomic E-state index is -0.463. The summed E-state index contributed by atoms with van der Waals surface area (Å²) < 4.78 is 5.37. The van der Waals surface area contributed by atoms with Gasteiger partial charge in [0.05, 0.1) is 0 Å². The van der Waals surface area contributed by atoms with Gasteiger partial charge in [-0.2, -0.15) is 5.26 Å².